The van der Waals surface area contributed by atoms with Crippen LogP contribution in [0.1, 0.15) is 43.1 Å². The van der Waals surface area contributed by atoms with Crippen LogP contribution in [0.3, 0.4) is 0 Å². The number of rotatable bonds is 5. The Bertz CT molecular complexity index is 353. The van der Waals surface area contributed by atoms with Gasteiger partial charge in [-0.15, -0.1) is 0 Å². The highest BCUT2D eigenvalue weighted by Crippen LogP contribution is 2.11. The molecule has 0 saturated carbocycles. The van der Waals surface area contributed by atoms with Crippen molar-refractivity contribution in [1.82, 2.24) is 9.78 Å². The Labute approximate surface area is 91.5 Å². The Hall–Kier alpha value is -1.12. The monoisotopic (exact) mass is 208 g/mol. The van der Waals surface area contributed by atoms with Gasteiger partial charge in [0.15, 0.2) is 0 Å². The summed E-state index contributed by atoms with van der Waals surface area (Å²) in [5.74, 6) is 0.341. The van der Waals surface area contributed by atoms with Crippen molar-refractivity contribution in [3.63, 3.8) is 0 Å². The minimum absolute atomic E-state index is 0.341. The van der Waals surface area contributed by atoms with Gasteiger partial charge < -0.3 is 0 Å². The molecule has 0 radical (unpaired) electrons. The molecule has 15 heavy (non-hydrogen) atoms. The fourth-order valence-electron chi connectivity index (χ4n) is 1.61. The maximum absolute atomic E-state index is 11.1. The molecule has 1 heterocycles. The molecule has 84 valence electrons. The third-order valence-electron chi connectivity index (χ3n) is 2.96. The SMILES string of the molecule is CCC(=O)CCCn1nc(C)c(C)c1C. The first kappa shape index (κ1) is 12.0. The van der Waals surface area contributed by atoms with E-state index in [4.69, 9.17) is 0 Å². The van der Waals surface area contributed by atoms with E-state index in [9.17, 15) is 4.79 Å². The summed E-state index contributed by atoms with van der Waals surface area (Å²) in [7, 11) is 0. The molecule has 3 nitrogen and oxygen atoms in total. The normalized spacial score (nSPS) is 10.7. The second-order valence-corrected chi connectivity index (χ2v) is 4.01. The lowest BCUT2D eigenvalue weighted by molar-refractivity contribution is -0.118. The van der Waals surface area contributed by atoms with Gasteiger partial charge in [-0.2, -0.15) is 5.10 Å². The molecule has 1 rings (SSSR count). The lowest BCUT2D eigenvalue weighted by Gasteiger charge is -2.03. The molecule has 0 spiro atoms. The van der Waals surface area contributed by atoms with Crippen LogP contribution >= 0.6 is 0 Å². The van der Waals surface area contributed by atoms with Crippen LogP contribution in [-0.2, 0) is 11.3 Å². The fraction of sp³-hybridized carbons (Fsp3) is 0.667. The molecule has 0 bridgehead atoms. The predicted octanol–water partition coefficient (Wildman–Crippen LogP) is 2.57. The average Bonchev–Trinajstić information content (AvgIpc) is 2.46. The molecule has 1 aromatic rings. The van der Waals surface area contributed by atoms with Crippen molar-refractivity contribution in [2.24, 2.45) is 0 Å². The molecular formula is C12H20N2O. The first-order chi connectivity index (χ1) is 7.06. The fourth-order valence-corrected chi connectivity index (χ4v) is 1.61. The Morgan fingerprint density at radius 1 is 1.33 bits per heavy atom. The van der Waals surface area contributed by atoms with Gasteiger partial charge in [0, 0.05) is 25.1 Å². The molecule has 0 fully saturated rings. The third-order valence-corrected chi connectivity index (χ3v) is 2.96. The van der Waals surface area contributed by atoms with E-state index < -0.39 is 0 Å². The van der Waals surface area contributed by atoms with Crippen LogP contribution in [0.2, 0.25) is 0 Å². The molecule has 0 N–H and O–H groups in total. The molecule has 0 amide bonds. The summed E-state index contributed by atoms with van der Waals surface area (Å²) in [6, 6.07) is 0. The molecule has 0 aliphatic carbocycles. The number of hydrogen-bond acceptors (Lipinski definition) is 2. The molecule has 3 heteroatoms. The summed E-state index contributed by atoms with van der Waals surface area (Å²) in [5.41, 5.74) is 3.57. The van der Waals surface area contributed by atoms with Gasteiger partial charge in [-0.3, -0.25) is 9.48 Å². The van der Waals surface area contributed by atoms with Gasteiger partial charge in [-0.1, -0.05) is 6.92 Å². The number of Topliss-reactive ketones (excluding diaryl/α,β-unsaturated/α-hetero) is 1. The Kier molecular flexibility index (Phi) is 4.06. The number of carbonyl (C=O) groups excluding carboxylic acids is 1. The second kappa shape index (κ2) is 5.10. The van der Waals surface area contributed by atoms with E-state index in [2.05, 4.69) is 18.9 Å². The van der Waals surface area contributed by atoms with Crippen molar-refractivity contribution in [3.05, 3.63) is 17.0 Å². The van der Waals surface area contributed by atoms with Crippen LogP contribution < -0.4 is 0 Å². The van der Waals surface area contributed by atoms with E-state index >= 15 is 0 Å². The van der Waals surface area contributed by atoms with Crippen molar-refractivity contribution in [2.45, 2.75) is 53.5 Å². The number of aryl methyl sites for hydroxylation is 2. The summed E-state index contributed by atoms with van der Waals surface area (Å²) in [4.78, 5) is 11.1. The number of hydrogen-bond donors (Lipinski definition) is 0. The van der Waals surface area contributed by atoms with Crippen molar-refractivity contribution >= 4 is 5.78 Å². The van der Waals surface area contributed by atoms with E-state index in [1.807, 2.05) is 18.5 Å². The minimum atomic E-state index is 0.341. The molecule has 0 unspecified atom stereocenters. The standard InChI is InChI=1S/C12H20N2O/c1-5-12(15)7-6-8-14-11(4)9(2)10(3)13-14/h5-8H2,1-4H3. The molecule has 1 aromatic heterocycles. The Balaban J connectivity index is 2.51. The summed E-state index contributed by atoms with van der Waals surface area (Å²) in [6.45, 7) is 8.96. The van der Waals surface area contributed by atoms with E-state index in [1.165, 1.54) is 11.3 Å². The van der Waals surface area contributed by atoms with Crippen molar-refractivity contribution in [2.75, 3.05) is 0 Å². The summed E-state index contributed by atoms with van der Waals surface area (Å²) >= 11 is 0. The van der Waals surface area contributed by atoms with Crippen LogP contribution in [0.4, 0.5) is 0 Å². The predicted molar refractivity (Wildman–Crippen MR) is 61.0 cm³/mol. The van der Waals surface area contributed by atoms with Gasteiger partial charge in [-0.25, -0.2) is 0 Å². The number of ketones is 1. The van der Waals surface area contributed by atoms with Gasteiger partial charge in [0.2, 0.25) is 0 Å². The summed E-state index contributed by atoms with van der Waals surface area (Å²) in [6.07, 6.45) is 2.22. The van der Waals surface area contributed by atoms with Crippen LogP contribution in [0.25, 0.3) is 0 Å². The van der Waals surface area contributed by atoms with Crippen molar-refractivity contribution < 1.29 is 4.79 Å². The molecule has 0 aromatic carbocycles. The van der Waals surface area contributed by atoms with Gasteiger partial charge in [0.05, 0.1) is 5.69 Å². The first-order valence-electron chi connectivity index (χ1n) is 5.58. The topological polar surface area (TPSA) is 34.9 Å². The highest BCUT2D eigenvalue weighted by molar-refractivity contribution is 5.77. The zero-order valence-corrected chi connectivity index (χ0v) is 10.1. The van der Waals surface area contributed by atoms with E-state index in [-0.39, 0.29) is 0 Å². The van der Waals surface area contributed by atoms with Gasteiger partial charge in [0.1, 0.15) is 5.78 Å². The number of carbonyl (C=O) groups is 1. The highest BCUT2D eigenvalue weighted by Gasteiger charge is 2.07. The lowest BCUT2D eigenvalue weighted by Crippen LogP contribution is -2.05. The van der Waals surface area contributed by atoms with Crippen LogP contribution in [-0.4, -0.2) is 15.6 Å². The van der Waals surface area contributed by atoms with Crippen LogP contribution in [0.15, 0.2) is 0 Å². The Morgan fingerprint density at radius 3 is 2.47 bits per heavy atom. The second-order valence-electron chi connectivity index (χ2n) is 4.01. The number of aromatic nitrogens is 2. The van der Waals surface area contributed by atoms with Crippen molar-refractivity contribution in [1.29, 1.82) is 0 Å². The third kappa shape index (κ3) is 2.91. The zero-order valence-electron chi connectivity index (χ0n) is 10.1. The lowest BCUT2D eigenvalue weighted by atomic mass is 10.2. The minimum Gasteiger partial charge on any atom is -0.300 e. The Morgan fingerprint density at radius 2 is 2.00 bits per heavy atom. The van der Waals surface area contributed by atoms with Gasteiger partial charge in [0.25, 0.3) is 0 Å². The molecule has 0 atom stereocenters. The molecule has 0 aliphatic heterocycles. The highest BCUT2D eigenvalue weighted by atomic mass is 16.1. The molecular weight excluding hydrogens is 188 g/mol. The molecule has 0 saturated heterocycles. The van der Waals surface area contributed by atoms with E-state index in [0.29, 0.717) is 18.6 Å². The maximum Gasteiger partial charge on any atom is 0.132 e. The summed E-state index contributed by atoms with van der Waals surface area (Å²) < 4.78 is 2.01. The van der Waals surface area contributed by atoms with Crippen LogP contribution in [0.5, 0.6) is 0 Å². The smallest absolute Gasteiger partial charge is 0.132 e. The number of nitrogens with zero attached hydrogens (tertiary/aromatic N) is 2. The first-order valence-corrected chi connectivity index (χ1v) is 5.58. The quantitative estimate of drug-likeness (QED) is 0.745. The van der Waals surface area contributed by atoms with E-state index in [1.54, 1.807) is 0 Å². The van der Waals surface area contributed by atoms with Gasteiger partial charge in [-0.05, 0) is 32.8 Å². The largest absolute Gasteiger partial charge is 0.300 e. The van der Waals surface area contributed by atoms with Crippen LogP contribution in [0, 0.1) is 20.8 Å². The zero-order chi connectivity index (χ0) is 11.4. The van der Waals surface area contributed by atoms with Crippen molar-refractivity contribution in [3.8, 4) is 0 Å². The molecule has 0 aliphatic rings. The van der Waals surface area contributed by atoms with Gasteiger partial charge >= 0.3 is 0 Å². The van der Waals surface area contributed by atoms with E-state index in [0.717, 1.165) is 18.7 Å². The average molecular weight is 208 g/mol. The maximum atomic E-state index is 11.1. The summed E-state index contributed by atoms with van der Waals surface area (Å²) in [5, 5.41) is 4.44.